The zero-order valence-corrected chi connectivity index (χ0v) is 8.97. The van der Waals surface area contributed by atoms with E-state index < -0.39 is 0 Å². The van der Waals surface area contributed by atoms with Gasteiger partial charge in [0, 0.05) is 16.5 Å². The minimum absolute atomic E-state index is 0.00912. The molecule has 0 unspecified atom stereocenters. The van der Waals surface area contributed by atoms with Gasteiger partial charge in [0.05, 0.1) is 6.04 Å². The van der Waals surface area contributed by atoms with Crippen molar-refractivity contribution >= 4 is 21.8 Å². The van der Waals surface area contributed by atoms with Gasteiger partial charge in [-0.1, -0.05) is 22.0 Å². The molecule has 4 heteroatoms. The average Bonchev–Trinajstić information content (AvgIpc) is 2.51. The van der Waals surface area contributed by atoms with E-state index in [1.165, 1.54) is 6.07 Å². The van der Waals surface area contributed by atoms with Gasteiger partial charge in [0.25, 0.3) is 0 Å². The molecule has 1 aromatic rings. The van der Waals surface area contributed by atoms with E-state index in [1.54, 1.807) is 12.1 Å². The summed E-state index contributed by atoms with van der Waals surface area (Å²) in [6.45, 7) is 0. The number of rotatable bonds is 1. The Kier molecular flexibility index (Phi) is 2.54. The summed E-state index contributed by atoms with van der Waals surface area (Å²) < 4.78 is 14.2. The normalized spacial score (nSPS) is 21.0. The molecule has 74 valence electrons. The van der Waals surface area contributed by atoms with Gasteiger partial charge in [0.2, 0.25) is 5.91 Å². The van der Waals surface area contributed by atoms with Crippen molar-refractivity contribution in [2.24, 2.45) is 0 Å². The lowest BCUT2D eigenvalue weighted by molar-refractivity contribution is -0.119. The molecule has 1 aliphatic rings. The zero-order chi connectivity index (χ0) is 10.1. The summed E-state index contributed by atoms with van der Waals surface area (Å²) in [5, 5.41) is 2.74. The van der Waals surface area contributed by atoms with E-state index in [1.807, 2.05) is 0 Å². The largest absolute Gasteiger partial charge is 0.349 e. The molecule has 0 aromatic heterocycles. The molecule has 1 N–H and O–H groups in total. The summed E-state index contributed by atoms with van der Waals surface area (Å²) in [7, 11) is 0. The smallest absolute Gasteiger partial charge is 0.220 e. The van der Waals surface area contributed by atoms with E-state index in [-0.39, 0.29) is 17.8 Å². The van der Waals surface area contributed by atoms with Crippen molar-refractivity contribution in [1.29, 1.82) is 0 Å². The van der Waals surface area contributed by atoms with Crippen molar-refractivity contribution in [3.63, 3.8) is 0 Å². The molecule has 1 fully saturated rings. The van der Waals surface area contributed by atoms with E-state index in [0.717, 1.165) is 0 Å². The third-order valence-electron chi connectivity index (χ3n) is 2.34. The molecule has 0 spiro atoms. The highest BCUT2D eigenvalue weighted by molar-refractivity contribution is 9.10. The fraction of sp³-hybridized carbons (Fsp3) is 0.300. The number of hydrogen-bond acceptors (Lipinski definition) is 1. The van der Waals surface area contributed by atoms with E-state index in [9.17, 15) is 9.18 Å². The molecular formula is C10H9BrFNO. The Balaban J connectivity index is 2.36. The molecule has 2 rings (SSSR count). The van der Waals surface area contributed by atoms with E-state index >= 15 is 0 Å². The van der Waals surface area contributed by atoms with Crippen molar-refractivity contribution in [1.82, 2.24) is 5.32 Å². The molecule has 0 saturated carbocycles. The van der Waals surface area contributed by atoms with Gasteiger partial charge in [-0.05, 0) is 18.6 Å². The average molecular weight is 258 g/mol. The van der Waals surface area contributed by atoms with Crippen LogP contribution in [-0.4, -0.2) is 5.91 Å². The van der Waals surface area contributed by atoms with E-state index in [0.29, 0.717) is 22.9 Å². The minimum atomic E-state index is -0.272. The van der Waals surface area contributed by atoms with Gasteiger partial charge in [-0.25, -0.2) is 4.39 Å². The lowest BCUT2D eigenvalue weighted by Crippen LogP contribution is -2.19. The quantitative estimate of drug-likeness (QED) is 0.824. The van der Waals surface area contributed by atoms with Gasteiger partial charge in [-0.15, -0.1) is 0 Å². The predicted octanol–water partition coefficient (Wildman–Crippen LogP) is 2.54. The second-order valence-electron chi connectivity index (χ2n) is 3.29. The van der Waals surface area contributed by atoms with Gasteiger partial charge in [-0.2, -0.15) is 0 Å². The maximum absolute atomic E-state index is 13.4. The molecule has 0 radical (unpaired) electrons. The fourth-order valence-corrected chi connectivity index (χ4v) is 2.29. The van der Waals surface area contributed by atoms with Crippen molar-refractivity contribution in [2.45, 2.75) is 18.9 Å². The number of carbonyl (C=O) groups excluding carboxylic acids is 1. The Morgan fingerprint density at radius 3 is 2.86 bits per heavy atom. The van der Waals surface area contributed by atoms with Crippen LogP contribution in [0.1, 0.15) is 24.4 Å². The molecule has 1 atom stereocenters. The van der Waals surface area contributed by atoms with Crippen molar-refractivity contribution in [3.05, 3.63) is 34.1 Å². The number of carbonyl (C=O) groups is 1. The standard InChI is InChI=1S/C10H9BrFNO/c11-6-2-1-3-7(12)10(6)8-4-5-9(14)13-8/h1-3,8H,4-5H2,(H,13,14)/t8-/m0/s1. The van der Waals surface area contributed by atoms with Crippen LogP contribution in [0.5, 0.6) is 0 Å². The van der Waals surface area contributed by atoms with Crippen LogP contribution in [0.25, 0.3) is 0 Å². The summed E-state index contributed by atoms with van der Waals surface area (Å²) in [4.78, 5) is 11.0. The molecule has 1 heterocycles. The maximum Gasteiger partial charge on any atom is 0.220 e. The predicted molar refractivity (Wildman–Crippen MR) is 54.2 cm³/mol. The van der Waals surface area contributed by atoms with Crippen LogP contribution in [0.4, 0.5) is 4.39 Å². The molecule has 0 aliphatic carbocycles. The van der Waals surface area contributed by atoms with Crippen LogP contribution < -0.4 is 5.32 Å². The Morgan fingerprint density at radius 2 is 2.29 bits per heavy atom. The summed E-state index contributed by atoms with van der Waals surface area (Å²) >= 11 is 3.29. The van der Waals surface area contributed by atoms with Crippen LogP contribution in [0.15, 0.2) is 22.7 Å². The van der Waals surface area contributed by atoms with Gasteiger partial charge in [-0.3, -0.25) is 4.79 Å². The fourth-order valence-electron chi connectivity index (χ4n) is 1.67. The van der Waals surface area contributed by atoms with Crippen LogP contribution >= 0.6 is 15.9 Å². The monoisotopic (exact) mass is 257 g/mol. The van der Waals surface area contributed by atoms with Crippen molar-refractivity contribution in [3.8, 4) is 0 Å². The number of benzene rings is 1. The van der Waals surface area contributed by atoms with Crippen LogP contribution in [0.2, 0.25) is 0 Å². The Morgan fingerprint density at radius 1 is 1.50 bits per heavy atom. The number of hydrogen-bond donors (Lipinski definition) is 1. The summed E-state index contributed by atoms with van der Waals surface area (Å²) in [6, 6.07) is 4.64. The topological polar surface area (TPSA) is 29.1 Å². The van der Waals surface area contributed by atoms with Crippen molar-refractivity contribution < 1.29 is 9.18 Å². The van der Waals surface area contributed by atoms with Gasteiger partial charge in [0.15, 0.2) is 0 Å². The molecule has 1 saturated heterocycles. The van der Waals surface area contributed by atoms with Crippen LogP contribution in [0, 0.1) is 5.82 Å². The summed E-state index contributed by atoms with van der Waals surface area (Å²) in [6.07, 6.45) is 1.14. The third kappa shape index (κ3) is 1.66. The number of amides is 1. The van der Waals surface area contributed by atoms with Crippen molar-refractivity contribution in [2.75, 3.05) is 0 Å². The first-order valence-corrected chi connectivity index (χ1v) is 5.21. The highest BCUT2D eigenvalue weighted by atomic mass is 79.9. The number of halogens is 2. The third-order valence-corrected chi connectivity index (χ3v) is 3.03. The van der Waals surface area contributed by atoms with Gasteiger partial charge < -0.3 is 5.32 Å². The Bertz CT molecular complexity index is 360. The second-order valence-corrected chi connectivity index (χ2v) is 4.15. The highest BCUT2D eigenvalue weighted by Crippen LogP contribution is 2.31. The molecule has 1 aliphatic heterocycles. The van der Waals surface area contributed by atoms with Crippen LogP contribution in [-0.2, 0) is 4.79 Å². The minimum Gasteiger partial charge on any atom is -0.349 e. The molecular weight excluding hydrogens is 249 g/mol. The molecule has 0 bridgehead atoms. The molecule has 1 amide bonds. The van der Waals surface area contributed by atoms with E-state index in [4.69, 9.17) is 0 Å². The van der Waals surface area contributed by atoms with E-state index in [2.05, 4.69) is 21.2 Å². The maximum atomic E-state index is 13.4. The summed E-state index contributed by atoms with van der Waals surface area (Å²) in [5.74, 6) is -0.281. The highest BCUT2D eigenvalue weighted by Gasteiger charge is 2.26. The van der Waals surface area contributed by atoms with Gasteiger partial charge >= 0.3 is 0 Å². The second kappa shape index (κ2) is 3.69. The Labute approximate surface area is 89.6 Å². The lowest BCUT2D eigenvalue weighted by Gasteiger charge is -2.13. The Hall–Kier alpha value is -0.900. The molecule has 2 nitrogen and oxygen atoms in total. The first-order chi connectivity index (χ1) is 6.68. The molecule has 14 heavy (non-hydrogen) atoms. The first kappa shape index (κ1) is 9.65. The lowest BCUT2D eigenvalue weighted by atomic mass is 10.1. The molecule has 1 aromatic carbocycles. The first-order valence-electron chi connectivity index (χ1n) is 4.42. The number of nitrogens with one attached hydrogen (secondary N) is 1. The van der Waals surface area contributed by atoms with Crippen LogP contribution in [0.3, 0.4) is 0 Å². The van der Waals surface area contributed by atoms with Gasteiger partial charge in [0.1, 0.15) is 5.82 Å². The zero-order valence-electron chi connectivity index (χ0n) is 7.39. The summed E-state index contributed by atoms with van der Waals surface area (Å²) in [5.41, 5.74) is 0.554. The SMILES string of the molecule is O=C1CC[C@@H](c2c(F)cccc2Br)N1.